The minimum absolute atomic E-state index is 0.100. The Kier molecular flexibility index (Phi) is 3.46. The van der Waals surface area contributed by atoms with E-state index in [-0.39, 0.29) is 17.2 Å². The van der Waals surface area contributed by atoms with Crippen molar-refractivity contribution >= 4 is 11.6 Å². The molecule has 0 radical (unpaired) electrons. The van der Waals surface area contributed by atoms with Gasteiger partial charge in [0, 0.05) is 11.8 Å². The van der Waals surface area contributed by atoms with Crippen LogP contribution in [-0.2, 0) is 0 Å². The van der Waals surface area contributed by atoms with E-state index in [1.165, 1.54) is 12.4 Å². The van der Waals surface area contributed by atoms with Crippen molar-refractivity contribution in [1.82, 2.24) is 9.97 Å². The van der Waals surface area contributed by atoms with Crippen LogP contribution in [0.2, 0.25) is 0 Å². The number of benzene rings is 1. The molecular formula is C14H15N3O2. The summed E-state index contributed by atoms with van der Waals surface area (Å²) in [4.78, 5) is 29.4. The molecule has 0 atom stereocenters. The lowest BCUT2D eigenvalue weighted by molar-refractivity contribution is 0.102. The molecular weight excluding hydrogens is 242 g/mol. The molecule has 1 aromatic carbocycles. The summed E-state index contributed by atoms with van der Waals surface area (Å²) >= 11 is 0. The molecule has 98 valence electrons. The van der Waals surface area contributed by atoms with E-state index in [2.05, 4.69) is 15.3 Å². The van der Waals surface area contributed by atoms with Crippen LogP contribution in [0.1, 0.15) is 27.2 Å². The Morgan fingerprint density at radius 1 is 1.16 bits per heavy atom. The molecule has 0 fully saturated rings. The second-order valence-corrected chi connectivity index (χ2v) is 4.52. The van der Waals surface area contributed by atoms with E-state index in [1.54, 1.807) is 0 Å². The number of aromatic nitrogens is 2. The monoisotopic (exact) mass is 257 g/mol. The Morgan fingerprint density at radius 2 is 1.79 bits per heavy atom. The Labute approximate surface area is 110 Å². The van der Waals surface area contributed by atoms with E-state index in [0.717, 1.165) is 22.4 Å². The molecule has 1 amide bonds. The number of rotatable bonds is 2. The van der Waals surface area contributed by atoms with Gasteiger partial charge in [-0.3, -0.25) is 9.59 Å². The number of aromatic amines is 1. The van der Waals surface area contributed by atoms with Gasteiger partial charge in [-0.1, -0.05) is 17.7 Å². The van der Waals surface area contributed by atoms with Gasteiger partial charge in [0.1, 0.15) is 5.69 Å². The standard InChI is InChI=1S/C14H15N3O2/c1-8-4-9(2)13(10(3)5-8)17-14(19)11-6-12(18)16-7-15-11/h4-7H,1-3H3,(H,17,19)(H,15,16,18). The van der Waals surface area contributed by atoms with Crippen molar-refractivity contribution < 1.29 is 4.79 Å². The average molecular weight is 257 g/mol. The van der Waals surface area contributed by atoms with Crippen LogP contribution in [0.25, 0.3) is 0 Å². The lowest BCUT2D eigenvalue weighted by Crippen LogP contribution is -2.18. The maximum atomic E-state index is 12.0. The number of aryl methyl sites for hydroxylation is 3. The topological polar surface area (TPSA) is 74.8 Å². The quantitative estimate of drug-likeness (QED) is 0.863. The zero-order chi connectivity index (χ0) is 14.0. The largest absolute Gasteiger partial charge is 0.320 e. The third-order valence-electron chi connectivity index (χ3n) is 2.83. The van der Waals surface area contributed by atoms with E-state index in [9.17, 15) is 9.59 Å². The van der Waals surface area contributed by atoms with Crippen molar-refractivity contribution in [3.63, 3.8) is 0 Å². The molecule has 0 unspecified atom stereocenters. The number of carbonyl (C=O) groups excluding carboxylic acids is 1. The highest BCUT2D eigenvalue weighted by Crippen LogP contribution is 2.22. The third-order valence-corrected chi connectivity index (χ3v) is 2.83. The number of hydrogen-bond donors (Lipinski definition) is 2. The van der Waals surface area contributed by atoms with E-state index in [0.29, 0.717) is 0 Å². The summed E-state index contributed by atoms with van der Waals surface area (Å²) in [6.45, 7) is 5.87. The summed E-state index contributed by atoms with van der Waals surface area (Å²) in [5.74, 6) is -0.388. The second kappa shape index (κ2) is 5.06. The fourth-order valence-electron chi connectivity index (χ4n) is 2.05. The summed E-state index contributed by atoms with van der Waals surface area (Å²) in [6.07, 6.45) is 1.21. The Hall–Kier alpha value is -2.43. The van der Waals surface area contributed by atoms with Gasteiger partial charge in [-0.15, -0.1) is 0 Å². The molecule has 0 saturated heterocycles. The number of amides is 1. The molecule has 0 aliphatic carbocycles. The average Bonchev–Trinajstić information content (AvgIpc) is 2.33. The molecule has 0 spiro atoms. The van der Waals surface area contributed by atoms with E-state index >= 15 is 0 Å². The van der Waals surface area contributed by atoms with Crippen LogP contribution in [0.4, 0.5) is 5.69 Å². The number of hydrogen-bond acceptors (Lipinski definition) is 3. The highest BCUT2D eigenvalue weighted by molar-refractivity contribution is 6.03. The fraction of sp³-hybridized carbons (Fsp3) is 0.214. The number of H-pyrrole nitrogens is 1. The number of nitrogens with one attached hydrogen (secondary N) is 2. The molecule has 19 heavy (non-hydrogen) atoms. The molecule has 2 rings (SSSR count). The van der Waals surface area contributed by atoms with Crippen LogP contribution in [-0.4, -0.2) is 15.9 Å². The Morgan fingerprint density at radius 3 is 2.37 bits per heavy atom. The summed E-state index contributed by atoms with van der Waals surface area (Å²) < 4.78 is 0. The fourth-order valence-corrected chi connectivity index (χ4v) is 2.05. The lowest BCUT2D eigenvalue weighted by Gasteiger charge is -2.12. The molecule has 5 heteroatoms. The molecule has 2 aromatic rings. The highest BCUT2D eigenvalue weighted by atomic mass is 16.2. The molecule has 1 heterocycles. The zero-order valence-corrected chi connectivity index (χ0v) is 11.1. The molecule has 5 nitrogen and oxygen atoms in total. The second-order valence-electron chi connectivity index (χ2n) is 4.52. The predicted molar refractivity (Wildman–Crippen MR) is 73.5 cm³/mol. The first kappa shape index (κ1) is 13.0. The van der Waals surface area contributed by atoms with Crippen LogP contribution in [0.3, 0.4) is 0 Å². The van der Waals surface area contributed by atoms with Crippen molar-refractivity contribution in [3.8, 4) is 0 Å². The van der Waals surface area contributed by atoms with Crippen molar-refractivity contribution in [1.29, 1.82) is 0 Å². The van der Waals surface area contributed by atoms with Gasteiger partial charge in [-0.05, 0) is 31.9 Å². The Bertz CT molecular complexity index is 666. The van der Waals surface area contributed by atoms with Crippen molar-refractivity contribution in [2.75, 3.05) is 5.32 Å². The van der Waals surface area contributed by atoms with E-state index in [4.69, 9.17) is 0 Å². The summed E-state index contributed by atoms with van der Waals surface area (Å²) in [7, 11) is 0. The number of carbonyl (C=O) groups is 1. The first-order valence-electron chi connectivity index (χ1n) is 5.91. The van der Waals surface area contributed by atoms with Gasteiger partial charge in [-0.2, -0.15) is 0 Å². The Balaban J connectivity index is 2.32. The van der Waals surface area contributed by atoms with Crippen molar-refractivity contribution in [2.24, 2.45) is 0 Å². The maximum absolute atomic E-state index is 12.0. The van der Waals surface area contributed by atoms with Gasteiger partial charge in [0.15, 0.2) is 0 Å². The summed E-state index contributed by atoms with van der Waals surface area (Å²) in [5.41, 5.74) is 3.62. The van der Waals surface area contributed by atoms with Gasteiger partial charge in [0.2, 0.25) is 0 Å². The SMILES string of the molecule is Cc1cc(C)c(NC(=O)c2cc(=O)[nH]cn2)c(C)c1. The molecule has 0 bridgehead atoms. The number of nitrogens with zero attached hydrogens (tertiary/aromatic N) is 1. The first-order chi connectivity index (χ1) is 8.97. The molecule has 0 aliphatic heterocycles. The van der Waals surface area contributed by atoms with Crippen LogP contribution in [0.5, 0.6) is 0 Å². The lowest BCUT2D eigenvalue weighted by atomic mass is 10.1. The first-order valence-corrected chi connectivity index (χ1v) is 5.91. The molecule has 0 saturated carbocycles. The van der Waals surface area contributed by atoms with Crippen LogP contribution in [0.15, 0.2) is 29.3 Å². The maximum Gasteiger partial charge on any atom is 0.274 e. The van der Waals surface area contributed by atoms with Crippen LogP contribution in [0, 0.1) is 20.8 Å². The zero-order valence-electron chi connectivity index (χ0n) is 11.1. The van der Waals surface area contributed by atoms with Gasteiger partial charge >= 0.3 is 0 Å². The van der Waals surface area contributed by atoms with Gasteiger partial charge < -0.3 is 10.3 Å². The normalized spacial score (nSPS) is 10.3. The van der Waals surface area contributed by atoms with Gasteiger partial charge in [0.25, 0.3) is 11.5 Å². The smallest absolute Gasteiger partial charge is 0.274 e. The molecule has 2 N–H and O–H groups in total. The highest BCUT2D eigenvalue weighted by Gasteiger charge is 2.11. The molecule has 0 aliphatic rings. The number of anilines is 1. The van der Waals surface area contributed by atoms with Crippen molar-refractivity contribution in [3.05, 3.63) is 57.3 Å². The van der Waals surface area contributed by atoms with Gasteiger partial charge in [-0.25, -0.2) is 4.98 Å². The van der Waals surface area contributed by atoms with Crippen molar-refractivity contribution in [2.45, 2.75) is 20.8 Å². The molecule has 1 aromatic heterocycles. The predicted octanol–water partition coefficient (Wildman–Crippen LogP) is 1.95. The third kappa shape index (κ3) is 2.88. The minimum atomic E-state index is -0.388. The van der Waals surface area contributed by atoms with E-state index < -0.39 is 0 Å². The minimum Gasteiger partial charge on any atom is -0.320 e. The van der Waals surface area contributed by atoms with Crippen LogP contribution < -0.4 is 10.9 Å². The van der Waals surface area contributed by atoms with E-state index in [1.807, 2.05) is 32.9 Å². The van der Waals surface area contributed by atoms with Crippen LogP contribution >= 0.6 is 0 Å². The van der Waals surface area contributed by atoms with Gasteiger partial charge in [0.05, 0.1) is 6.33 Å². The summed E-state index contributed by atoms with van der Waals surface area (Å²) in [6, 6.07) is 5.16. The summed E-state index contributed by atoms with van der Waals surface area (Å²) in [5, 5.41) is 2.80.